The number of nitrogens with zero attached hydrogens (tertiary/aromatic N) is 2. The van der Waals surface area contributed by atoms with Gasteiger partial charge < -0.3 is 15.5 Å². The number of carboxylic acid groups (broad SMARTS) is 2. The van der Waals surface area contributed by atoms with Gasteiger partial charge in [-0.25, -0.2) is 4.98 Å². The summed E-state index contributed by atoms with van der Waals surface area (Å²) < 4.78 is 0. The zero-order valence-electron chi connectivity index (χ0n) is 15.6. The molecule has 0 saturated heterocycles. The minimum atomic E-state index is -0.759. The van der Waals surface area contributed by atoms with E-state index in [1.54, 1.807) is 36.7 Å². The zero-order valence-corrected chi connectivity index (χ0v) is 15.6. The lowest BCUT2D eigenvalue weighted by molar-refractivity contribution is -0.138. The molecule has 8 nitrogen and oxygen atoms in total. The van der Waals surface area contributed by atoms with Gasteiger partial charge in [0.2, 0.25) is 0 Å². The molecule has 0 aromatic carbocycles. The number of anilines is 1. The summed E-state index contributed by atoms with van der Waals surface area (Å²) in [5.41, 5.74) is 0.517. The maximum atomic E-state index is 11.6. The van der Waals surface area contributed by atoms with E-state index in [0.29, 0.717) is 24.2 Å². The van der Waals surface area contributed by atoms with Gasteiger partial charge in [0.25, 0.3) is 5.91 Å². The third kappa shape index (κ3) is 11.3. The van der Waals surface area contributed by atoms with Gasteiger partial charge in [-0.05, 0) is 37.1 Å². The van der Waals surface area contributed by atoms with Gasteiger partial charge in [-0.1, -0.05) is 25.3 Å². The smallest absolute Gasteiger partial charge is 0.303 e. The molecule has 1 amide bonds. The molecule has 0 radical (unpaired) electrons. The van der Waals surface area contributed by atoms with Crippen molar-refractivity contribution in [2.24, 2.45) is 0 Å². The van der Waals surface area contributed by atoms with Gasteiger partial charge >= 0.3 is 11.9 Å². The third-order valence-corrected chi connectivity index (χ3v) is 3.61. The standard InChI is InChI=1S/C11H9N3O.C9H16O4/c15-11(9-4-3-6-12-8-9)14-10-5-1-2-7-13-10;10-8(11)6-4-2-1-3-5-7-9(12)13/h1-8H,(H,13,14,15);1-7H2,(H,10,11)(H,12,13). The van der Waals surface area contributed by atoms with Crippen LogP contribution in [0.4, 0.5) is 5.82 Å². The van der Waals surface area contributed by atoms with Gasteiger partial charge in [-0.3, -0.25) is 19.4 Å². The largest absolute Gasteiger partial charge is 0.481 e. The van der Waals surface area contributed by atoms with Crippen LogP contribution in [0.15, 0.2) is 48.9 Å². The van der Waals surface area contributed by atoms with Crippen molar-refractivity contribution in [2.75, 3.05) is 5.32 Å². The van der Waals surface area contributed by atoms with Gasteiger partial charge in [-0.15, -0.1) is 0 Å². The molecular formula is C20H25N3O5. The number of nitrogens with one attached hydrogen (secondary N) is 1. The van der Waals surface area contributed by atoms with Crippen LogP contribution in [0.25, 0.3) is 0 Å². The van der Waals surface area contributed by atoms with E-state index in [1.165, 1.54) is 6.20 Å². The Labute approximate surface area is 163 Å². The lowest BCUT2D eigenvalue weighted by Gasteiger charge is -2.02. The number of amides is 1. The number of rotatable bonds is 10. The quantitative estimate of drug-likeness (QED) is 0.531. The molecule has 0 atom stereocenters. The second-order valence-electron chi connectivity index (χ2n) is 5.97. The lowest BCUT2D eigenvalue weighted by Crippen LogP contribution is -2.12. The fraction of sp³-hybridized carbons (Fsp3) is 0.350. The van der Waals surface area contributed by atoms with Crippen molar-refractivity contribution < 1.29 is 24.6 Å². The van der Waals surface area contributed by atoms with Crippen molar-refractivity contribution in [1.82, 2.24) is 9.97 Å². The molecule has 150 valence electrons. The third-order valence-electron chi connectivity index (χ3n) is 3.61. The summed E-state index contributed by atoms with van der Waals surface area (Å²) in [6.45, 7) is 0. The molecule has 0 aliphatic rings. The van der Waals surface area contributed by atoms with E-state index in [2.05, 4.69) is 15.3 Å². The second kappa shape index (κ2) is 13.9. The molecule has 0 saturated carbocycles. The van der Waals surface area contributed by atoms with Gasteiger partial charge in [0, 0.05) is 31.4 Å². The molecule has 2 aromatic heterocycles. The van der Waals surface area contributed by atoms with E-state index in [-0.39, 0.29) is 18.7 Å². The number of carboxylic acids is 2. The van der Waals surface area contributed by atoms with Gasteiger partial charge in [0.15, 0.2) is 0 Å². The van der Waals surface area contributed by atoms with Gasteiger partial charge in [-0.2, -0.15) is 0 Å². The number of hydrogen-bond donors (Lipinski definition) is 3. The van der Waals surface area contributed by atoms with Crippen LogP contribution in [0.1, 0.15) is 55.3 Å². The van der Waals surface area contributed by atoms with Crippen LogP contribution in [0, 0.1) is 0 Å². The summed E-state index contributed by atoms with van der Waals surface area (Å²) in [5.74, 6) is -1.19. The van der Waals surface area contributed by atoms with Crippen LogP contribution in [0.3, 0.4) is 0 Å². The lowest BCUT2D eigenvalue weighted by atomic mass is 10.1. The summed E-state index contributed by atoms with van der Waals surface area (Å²) in [6, 6.07) is 8.75. The summed E-state index contributed by atoms with van der Waals surface area (Å²) in [5, 5.41) is 19.3. The molecule has 0 spiro atoms. The summed E-state index contributed by atoms with van der Waals surface area (Å²) in [4.78, 5) is 39.7. The highest BCUT2D eigenvalue weighted by Crippen LogP contribution is 2.07. The molecule has 0 unspecified atom stereocenters. The first-order chi connectivity index (χ1) is 13.5. The van der Waals surface area contributed by atoms with Gasteiger partial charge in [0.05, 0.1) is 5.56 Å². The van der Waals surface area contributed by atoms with Crippen LogP contribution in [-0.2, 0) is 9.59 Å². The summed E-state index contributed by atoms with van der Waals surface area (Å²) in [6.07, 6.45) is 9.29. The molecule has 2 rings (SSSR count). The molecule has 3 N–H and O–H groups in total. The Morgan fingerprint density at radius 3 is 1.96 bits per heavy atom. The first-order valence-electron chi connectivity index (χ1n) is 9.05. The summed E-state index contributed by atoms with van der Waals surface area (Å²) in [7, 11) is 0. The van der Waals surface area contributed by atoms with Crippen LogP contribution >= 0.6 is 0 Å². The maximum Gasteiger partial charge on any atom is 0.303 e. The Hall–Kier alpha value is -3.29. The Morgan fingerprint density at radius 2 is 1.46 bits per heavy atom. The topological polar surface area (TPSA) is 129 Å². The number of carbonyl (C=O) groups is 3. The van der Waals surface area contributed by atoms with Crippen molar-refractivity contribution in [3.63, 3.8) is 0 Å². The van der Waals surface area contributed by atoms with E-state index < -0.39 is 11.9 Å². The van der Waals surface area contributed by atoms with Crippen LogP contribution in [-0.4, -0.2) is 38.0 Å². The number of unbranched alkanes of at least 4 members (excludes halogenated alkanes) is 4. The maximum absolute atomic E-state index is 11.6. The van der Waals surface area contributed by atoms with Crippen molar-refractivity contribution in [2.45, 2.75) is 44.9 Å². The highest BCUT2D eigenvalue weighted by molar-refractivity contribution is 6.03. The fourth-order valence-corrected chi connectivity index (χ4v) is 2.21. The monoisotopic (exact) mass is 387 g/mol. The zero-order chi connectivity index (χ0) is 20.6. The molecule has 2 heterocycles. The molecule has 0 aliphatic carbocycles. The van der Waals surface area contributed by atoms with E-state index in [4.69, 9.17) is 10.2 Å². The number of aromatic nitrogens is 2. The Morgan fingerprint density at radius 1 is 0.821 bits per heavy atom. The van der Waals surface area contributed by atoms with E-state index in [0.717, 1.165) is 19.3 Å². The highest BCUT2D eigenvalue weighted by Gasteiger charge is 2.05. The number of aliphatic carboxylic acids is 2. The normalized spacial score (nSPS) is 9.71. The predicted octanol–water partition coefficient (Wildman–Crippen LogP) is 3.62. The van der Waals surface area contributed by atoms with E-state index >= 15 is 0 Å². The molecular weight excluding hydrogens is 362 g/mol. The molecule has 0 bridgehead atoms. The van der Waals surface area contributed by atoms with Crippen LogP contribution in [0.5, 0.6) is 0 Å². The van der Waals surface area contributed by atoms with E-state index in [1.807, 2.05) is 6.07 Å². The molecule has 2 aromatic rings. The fourth-order valence-electron chi connectivity index (χ4n) is 2.21. The molecule has 0 aliphatic heterocycles. The van der Waals surface area contributed by atoms with Crippen LogP contribution < -0.4 is 5.32 Å². The minimum absolute atomic E-state index is 0.207. The van der Waals surface area contributed by atoms with E-state index in [9.17, 15) is 14.4 Å². The van der Waals surface area contributed by atoms with Crippen LogP contribution in [0.2, 0.25) is 0 Å². The molecule has 0 fully saturated rings. The SMILES string of the molecule is O=C(Nc1ccccn1)c1cccnc1.O=C(O)CCCCCCCC(=O)O. The van der Waals surface area contributed by atoms with Crippen molar-refractivity contribution in [3.05, 3.63) is 54.5 Å². The predicted molar refractivity (Wildman–Crippen MR) is 104 cm³/mol. The Bertz CT molecular complexity index is 705. The first-order valence-corrected chi connectivity index (χ1v) is 9.05. The molecule has 8 heteroatoms. The minimum Gasteiger partial charge on any atom is -0.481 e. The van der Waals surface area contributed by atoms with Crippen molar-refractivity contribution in [3.8, 4) is 0 Å². The van der Waals surface area contributed by atoms with Gasteiger partial charge in [0.1, 0.15) is 5.82 Å². The highest BCUT2D eigenvalue weighted by atomic mass is 16.4. The first kappa shape index (κ1) is 22.8. The average molecular weight is 387 g/mol. The van der Waals surface area contributed by atoms with Crippen molar-refractivity contribution in [1.29, 1.82) is 0 Å². The molecule has 28 heavy (non-hydrogen) atoms. The number of carbonyl (C=O) groups excluding carboxylic acids is 1. The second-order valence-corrected chi connectivity index (χ2v) is 5.97. The summed E-state index contributed by atoms with van der Waals surface area (Å²) >= 11 is 0. The Balaban J connectivity index is 0.000000284. The number of pyridine rings is 2. The van der Waals surface area contributed by atoms with Crippen molar-refractivity contribution >= 4 is 23.7 Å². The Kier molecular flexibility index (Phi) is 11.3. The average Bonchev–Trinajstić information content (AvgIpc) is 2.69. The number of hydrogen-bond acceptors (Lipinski definition) is 5.